The van der Waals surface area contributed by atoms with Gasteiger partial charge in [0.25, 0.3) is 0 Å². The molecule has 0 saturated carbocycles. The molecule has 1 saturated heterocycles. The van der Waals surface area contributed by atoms with E-state index in [1.807, 2.05) is 18.2 Å². The highest BCUT2D eigenvalue weighted by molar-refractivity contribution is 5.92. The molecule has 13 heavy (non-hydrogen) atoms. The van der Waals surface area contributed by atoms with E-state index in [0.29, 0.717) is 12.8 Å². The first-order valence-corrected chi connectivity index (χ1v) is 4.46. The third kappa shape index (κ3) is 1.54. The van der Waals surface area contributed by atoms with Gasteiger partial charge >= 0.3 is 0 Å². The Hall–Kier alpha value is -1.38. The Labute approximate surface area is 76.5 Å². The quantitative estimate of drug-likeness (QED) is 0.598. The number of allylic oxidation sites excluding steroid dienone is 4. The fourth-order valence-electron chi connectivity index (χ4n) is 1.70. The van der Waals surface area contributed by atoms with Crippen molar-refractivity contribution in [2.24, 2.45) is 5.92 Å². The molecule has 0 bridgehead atoms. The Morgan fingerprint density at radius 1 is 1.31 bits per heavy atom. The van der Waals surface area contributed by atoms with Gasteiger partial charge in [-0.15, -0.1) is 0 Å². The third-order valence-electron chi connectivity index (χ3n) is 2.43. The SMILES string of the molecule is O=C1CCC(=O)C2CC=CC=C2N1. The molecule has 68 valence electrons. The van der Waals surface area contributed by atoms with E-state index in [2.05, 4.69) is 5.32 Å². The molecule has 0 aromatic heterocycles. The number of hydrogen-bond acceptors (Lipinski definition) is 2. The van der Waals surface area contributed by atoms with Crippen LogP contribution in [0.15, 0.2) is 23.9 Å². The molecule has 1 unspecified atom stereocenters. The summed E-state index contributed by atoms with van der Waals surface area (Å²) in [5.41, 5.74) is 0.773. The van der Waals surface area contributed by atoms with Gasteiger partial charge in [0, 0.05) is 18.5 Å². The molecule has 0 spiro atoms. The summed E-state index contributed by atoms with van der Waals surface area (Å²) in [6, 6.07) is 0. The van der Waals surface area contributed by atoms with Crippen LogP contribution in [0.1, 0.15) is 19.3 Å². The van der Waals surface area contributed by atoms with Gasteiger partial charge in [-0.3, -0.25) is 9.59 Å². The van der Waals surface area contributed by atoms with Crippen molar-refractivity contribution in [2.45, 2.75) is 19.3 Å². The van der Waals surface area contributed by atoms with E-state index in [9.17, 15) is 9.59 Å². The van der Waals surface area contributed by atoms with Crippen LogP contribution in [0.3, 0.4) is 0 Å². The normalized spacial score (nSPS) is 27.4. The molecule has 1 N–H and O–H groups in total. The Morgan fingerprint density at radius 3 is 3.00 bits per heavy atom. The predicted octanol–water partition coefficient (Wildman–Crippen LogP) is 0.925. The van der Waals surface area contributed by atoms with Crippen molar-refractivity contribution in [2.75, 3.05) is 0 Å². The smallest absolute Gasteiger partial charge is 0.224 e. The molecule has 1 amide bonds. The van der Waals surface area contributed by atoms with E-state index in [1.54, 1.807) is 0 Å². The maximum absolute atomic E-state index is 11.5. The number of hydrogen-bond donors (Lipinski definition) is 1. The zero-order chi connectivity index (χ0) is 9.26. The van der Waals surface area contributed by atoms with Gasteiger partial charge in [0.15, 0.2) is 0 Å². The van der Waals surface area contributed by atoms with Crippen LogP contribution in [0.25, 0.3) is 0 Å². The minimum absolute atomic E-state index is 0.0441. The highest BCUT2D eigenvalue weighted by atomic mass is 16.2. The van der Waals surface area contributed by atoms with Crippen LogP contribution in [-0.2, 0) is 9.59 Å². The molecular formula is C10H11NO2. The first-order chi connectivity index (χ1) is 6.27. The molecule has 3 nitrogen and oxygen atoms in total. The van der Waals surface area contributed by atoms with Crippen LogP contribution in [0.5, 0.6) is 0 Å². The van der Waals surface area contributed by atoms with Crippen molar-refractivity contribution in [3.8, 4) is 0 Å². The van der Waals surface area contributed by atoms with E-state index in [4.69, 9.17) is 0 Å². The Bertz CT molecular complexity index is 315. The molecule has 0 aromatic rings. The molecule has 1 heterocycles. The van der Waals surface area contributed by atoms with E-state index >= 15 is 0 Å². The molecular weight excluding hydrogens is 166 g/mol. The first kappa shape index (κ1) is 8.23. The van der Waals surface area contributed by atoms with Crippen LogP contribution >= 0.6 is 0 Å². The summed E-state index contributed by atoms with van der Waals surface area (Å²) in [6.07, 6.45) is 7.09. The largest absolute Gasteiger partial charge is 0.329 e. The molecule has 1 atom stereocenters. The summed E-state index contributed by atoms with van der Waals surface area (Å²) in [5.74, 6) is 0.0304. The maximum Gasteiger partial charge on any atom is 0.224 e. The van der Waals surface area contributed by atoms with E-state index in [0.717, 1.165) is 12.1 Å². The zero-order valence-electron chi connectivity index (χ0n) is 7.25. The zero-order valence-corrected chi connectivity index (χ0v) is 7.25. The summed E-state index contributed by atoms with van der Waals surface area (Å²) in [7, 11) is 0. The lowest BCUT2D eigenvalue weighted by Gasteiger charge is -2.17. The second kappa shape index (κ2) is 3.17. The molecule has 2 aliphatic rings. The lowest BCUT2D eigenvalue weighted by molar-refractivity contribution is -0.124. The number of fused-ring (bicyclic) bond motifs is 1. The van der Waals surface area contributed by atoms with Gasteiger partial charge in [-0.05, 0) is 12.5 Å². The molecule has 1 aliphatic carbocycles. The van der Waals surface area contributed by atoms with Gasteiger partial charge in [-0.2, -0.15) is 0 Å². The monoisotopic (exact) mass is 177 g/mol. The van der Waals surface area contributed by atoms with Gasteiger partial charge in [0.2, 0.25) is 5.91 Å². The summed E-state index contributed by atoms with van der Waals surface area (Å²) in [4.78, 5) is 22.7. The van der Waals surface area contributed by atoms with Crippen LogP contribution in [0.4, 0.5) is 0 Å². The molecule has 1 fully saturated rings. The van der Waals surface area contributed by atoms with Crippen molar-refractivity contribution < 1.29 is 9.59 Å². The van der Waals surface area contributed by atoms with E-state index in [-0.39, 0.29) is 17.6 Å². The van der Waals surface area contributed by atoms with Crippen molar-refractivity contribution in [3.63, 3.8) is 0 Å². The van der Waals surface area contributed by atoms with Gasteiger partial charge in [0.05, 0.1) is 5.92 Å². The number of ketones is 1. The summed E-state index contributed by atoms with van der Waals surface area (Å²) in [5, 5.41) is 2.76. The predicted molar refractivity (Wildman–Crippen MR) is 47.7 cm³/mol. The van der Waals surface area contributed by atoms with Crippen LogP contribution in [0, 0.1) is 5.92 Å². The lowest BCUT2D eigenvalue weighted by atomic mass is 9.92. The Kier molecular flexibility index (Phi) is 2.00. The fraction of sp³-hybridized carbons (Fsp3) is 0.400. The number of rotatable bonds is 0. The average Bonchev–Trinajstić information content (AvgIpc) is 2.27. The average molecular weight is 177 g/mol. The van der Waals surface area contributed by atoms with Crippen molar-refractivity contribution in [1.82, 2.24) is 5.32 Å². The standard InChI is InChI=1S/C10H11NO2/c12-9-5-6-10(13)11-8-4-2-1-3-7(8)9/h1-2,4,7H,3,5-6H2,(H,11,13). The topological polar surface area (TPSA) is 46.2 Å². The van der Waals surface area contributed by atoms with Gasteiger partial charge in [-0.25, -0.2) is 0 Å². The highest BCUT2D eigenvalue weighted by Gasteiger charge is 2.27. The molecule has 3 heteroatoms. The first-order valence-electron chi connectivity index (χ1n) is 4.46. The second-order valence-electron chi connectivity index (χ2n) is 3.35. The minimum atomic E-state index is -0.101. The number of amides is 1. The van der Waals surface area contributed by atoms with Crippen molar-refractivity contribution >= 4 is 11.7 Å². The minimum Gasteiger partial charge on any atom is -0.329 e. The lowest BCUT2D eigenvalue weighted by Crippen LogP contribution is -2.26. The summed E-state index contributed by atoms with van der Waals surface area (Å²) >= 11 is 0. The maximum atomic E-state index is 11.5. The summed E-state index contributed by atoms with van der Waals surface area (Å²) < 4.78 is 0. The van der Waals surface area contributed by atoms with Crippen molar-refractivity contribution in [1.29, 1.82) is 0 Å². The van der Waals surface area contributed by atoms with Crippen LogP contribution in [0.2, 0.25) is 0 Å². The molecule has 0 radical (unpaired) electrons. The van der Waals surface area contributed by atoms with Crippen molar-refractivity contribution in [3.05, 3.63) is 23.9 Å². The fourth-order valence-corrected chi connectivity index (χ4v) is 1.70. The molecule has 1 aliphatic heterocycles. The van der Waals surface area contributed by atoms with Gasteiger partial charge in [-0.1, -0.05) is 12.2 Å². The van der Waals surface area contributed by atoms with Crippen LogP contribution < -0.4 is 5.32 Å². The van der Waals surface area contributed by atoms with E-state index < -0.39 is 0 Å². The number of nitrogens with one attached hydrogen (secondary N) is 1. The summed E-state index contributed by atoms with van der Waals surface area (Å²) in [6.45, 7) is 0. The third-order valence-corrected chi connectivity index (χ3v) is 2.43. The van der Waals surface area contributed by atoms with Gasteiger partial charge < -0.3 is 5.32 Å². The Morgan fingerprint density at radius 2 is 2.15 bits per heavy atom. The molecule has 0 aromatic carbocycles. The van der Waals surface area contributed by atoms with Gasteiger partial charge in [0.1, 0.15) is 5.78 Å². The number of carbonyl (C=O) groups excluding carboxylic acids is 2. The van der Waals surface area contributed by atoms with E-state index in [1.165, 1.54) is 0 Å². The highest BCUT2D eigenvalue weighted by Crippen LogP contribution is 2.23. The van der Waals surface area contributed by atoms with Crippen LogP contribution in [-0.4, -0.2) is 11.7 Å². The Balaban J connectivity index is 2.29. The second-order valence-corrected chi connectivity index (χ2v) is 3.35. The number of Topliss-reactive ketones (excluding diaryl/α,β-unsaturated/α-hetero) is 1. The number of carbonyl (C=O) groups is 2. The molecule has 2 rings (SSSR count).